The molecule has 0 spiro atoms. The van der Waals surface area contributed by atoms with E-state index in [1.54, 1.807) is 27.7 Å². The first-order valence-corrected chi connectivity index (χ1v) is 9.97. The van der Waals surface area contributed by atoms with E-state index in [2.05, 4.69) is 0 Å². The van der Waals surface area contributed by atoms with Gasteiger partial charge in [-0.05, 0) is 33.3 Å². The Hall–Kier alpha value is -2.81. The topological polar surface area (TPSA) is 88.6 Å². The van der Waals surface area contributed by atoms with Crippen LogP contribution in [0, 0.1) is 0 Å². The van der Waals surface area contributed by atoms with Gasteiger partial charge in [0.25, 0.3) is 5.91 Å². The molecule has 1 atom stereocenters. The highest BCUT2D eigenvalue weighted by Crippen LogP contribution is 2.19. The minimum atomic E-state index is -0.933. The third-order valence-corrected chi connectivity index (χ3v) is 4.51. The van der Waals surface area contributed by atoms with E-state index in [1.165, 1.54) is 16.9 Å². The summed E-state index contributed by atoms with van der Waals surface area (Å²) in [6.07, 6.45) is -1.15. The number of carbonyl (C=O) groups excluding carboxylic acids is 3. The molecule has 1 aromatic carbocycles. The van der Waals surface area contributed by atoms with Gasteiger partial charge in [-0.2, -0.15) is 0 Å². The number of ether oxygens (including phenoxy) is 2. The average Bonchev–Trinajstić information content (AvgIpc) is 2.71. The van der Waals surface area contributed by atoms with Crippen molar-refractivity contribution in [2.24, 2.45) is 0 Å². The normalized spacial score (nSPS) is 16.8. The average molecular weight is 421 g/mol. The molecule has 1 aliphatic rings. The van der Waals surface area contributed by atoms with Gasteiger partial charge < -0.3 is 14.4 Å². The molecule has 0 saturated carbocycles. The summed E-state index contributed by atoms with van der Waals surface area (Å²) in [5, 5.41) is 1.15. The Morgan fingerprint density at radius 1 is 1.10 bits per heavy atom. The molecule has 30 heavy (non-hydrogen) atoms. The second-order valence-electron chi connectivity index (χ2n) is 7.89. The molecule has 3 amide bonds. The fourth-order valence-electron chi connectivity index (χ4n) is 3.05. The second kappa shape index (κ2) is 10.3. The van der Waals surface area contributed by atoms with Crippen molar-refractivity contribution in [2.75, 3.05) is 33.3 Å². The molecule has 0 aliphatic carbocycles. The van der Waals surface area contributed by atoms with Crippen molar-refractivity contribution in [1.29, 1.82) is 0 Å². The SMILES string of the molecule is CCN(OC)C(=O)C1CN(C(=O)OCc2ccccc2)CCN1C(=O)OC(C)(C)C. The highest BCUT2D eigenvalue weighted by atomic mass is 16.7. The van der Waals surface area contributed by atoms with Crippen LogP contribution in [0.1, 0.15) is 33.3 Å². The number of nitrogens with zero attached hydrogens (tertiary/aromatic N) is 3. The second-order valence-corrected chi connectivity index (χ2v) is 7.89. The van der Waals surface area contributed by atoms with Crippen LogP contribution in [-0.4, -0.2) is 77.9 Å². The van der Waals surface area contributed by atoms with Crippen molar-refractivity contribution in [1.82, 2.24) is 14.9 Å². The molecular weight excluding hydrogens is 390 g/mol. The molecule has 1 unspecified atom stereocenters. The molecule has 0 aromatic heterocycles. The van der Waals surface area contributed by atoms with Gasteiger partial charge in [0.1, 0.15) is 18.2 Å². The van der Waals surface area contributed by atoms with Crippen LogP contribution in [0.4, 0.5) is 9.59 Å². The van der Waals surface area contributed by atoms with Gasteiger partial charge in [0.15, 0.2) is 0 Å². The van der Waals surface area contributed by atoms with E-state index in [-0.39, 0.29) is 26.2 Å². The summed E-state index contributed by atoms with van der Waals surface area (Å²) < 4.78 is 10.8. The molecule has 0 N–H and O–H groups in total. The van der Waals surface area contributed by atoms with Crippen molar-refractivity contribution in [3.63, 3.8) is 0 Å². The molecule has 166 valence electrons. The van der Waals surface area contributed by atoms with Gasteiger partial charge in [-0.15, -0.1) is 0 Å². The van der Waals surface area contributed by atoms with E-state index in [0.29, 0.717) is 6.54 Å². The first-order chi connectivity index (χ1) is 14.2. The minimum Gasteiger partial charge on any atom is -0.445 e. The Kier molecular flexibility index (Phi) is 8.05. The predicted molar refractivity (Wildman–Crippen MR) is 109 cm³/mol. The van der Waals surface area contributed by atoms with E-state index in [1.807, 2.05) is 30.3 Å². The number of benzene rings is 1. The highest BCUT2D eigenvalue weighted by Gasteiger charge is 2.41. The van der Waals surface area contributed by atoms with Crippen LogP contribution >= 0.6 is 0 Å². The van der Waals surface area contributed by atoms with Crippen LogP contribution in [0.25, 0.3) is 0 Å². The molecular formula is C21H31N3O6. The Balaban J connectivity index is 2.11. The zero-order valence-electron chi connectivity index (χ0n) is 18.3. The summed E-state index contributed by atoms with van der Waals surface area (Å²) in [5.74, 6) is -0.425. The van der Waals surface area contributed by atoms with E-state index < -0.39 is 29.7 Å². The van der Waals surface area contributed by atoms with E-state index in [4.69, 9.17) is 14.3 Å². The number of hydrogen-bond donors (Lipinski definition) is 0. The molecule has 9 nitrogen and oxygen atoms in total. The first kappa shape index (κ1) is 23.5. The third kappa shape index (κ3) is 6.35. The van der Waals surface area contributed by atoms with Crippen molar-refractivity contribution in [3.8, 4) is 0 Å². The zero-order chi connectivity index (χ0) is 22.3. The van der Waals surface area contributed by atoms with Gasteiger partial charge >= 0.3 is 12.2 Å². The quantitative estimate of drug-likeness (QED) is 0.679. The van der Waals surface area contributed by atoms with E-state index in [0.717, 1.165) is 10.6 Å². The van der Waals surface area contributed by atoms with Crippen molar-refractivity contribution < 1.29 is 28.7 Å². The maximum absolute atomic E-state index is 13.0. The fourth-order valence-corrected chi connectivity index (χ4v) is 3.05. The molecule has 1 saturated heterocycles. The molecule has 1 fully saturated rings. The molecule has 2 rings (SSSR count). The maximum Gasteiger partial charge on any atom is 0.411 e. The summed E-state index contributed by atoms with van der Waals surface area (Å²) in [7, 11) is 1.38. The van der Waals surface area contributed by atoms with Gasteiger partial charge in [-0.1, -0.05) is 30.3 Å². The number of carbonyl (C=O) groups is 3. The Labute approximate surface area is 177 Å². The summed E-state index contributed by atoms with van der Waals surface area (Å²) in [6, 6.07) is 8.39. The molecule has 1 aliphatic heterocycles. The summed E-state index contributed by atoms with van der Waals surface area (Å²) in [6.45, 7) is 7.82. The van der Waals surface area contributed by atoms with Crippen LogP contribution < -0.4 is 0 Å². The maximum atomic E-state index is 13.0. The van der Waals surface area contributed by atoms with Gasteiger partial charge in [-0.3, -0.25) is 14.5 Å². The zero-order valence-corrected chi connectivity index (χ0v) is 18.3. The largest absolute Gasteiger partial charge is 0.445 e. The van der Waals surface area contributed by atoms with Gasteiger partial charge in [0, 0.05) is 19.6 Å². The van der Waals surface area contributed by atoms with Crippen LogP contribution in [0.5, 0.6) is 0 Å². The lowest BCUT2D eigenvalue weighted by molar-refractivity contribution is -0.182. The lowest BCUT2D eigenvalue weighted by atomic mass is 10.1. The first-order valence-electron chi connectivity index (χ1n) is 9.97. The molecule has 0 bridgehead atoms. The lowest BCUT2D eigenvalue weighted by Gasteiger charge is -2.41. The predicted octanol–water partition coefficient (Wildman–Crippen LogP) is 2.65. The molecule has 0 radical (unpaired) electrons. The minimum absolute atomic E-state index is 0.00837. The molecule has 9 heteroatoms. The van der Waals surface area contributed by atoms with Crippen molar-refractivity contribution in [3.05, 3.63) is 35.9 Å². The van der Waals surface area contributed by atoms with Gasteiger partial charge in [0.2, 0.25) is 0 Å². The number of likely N-dealkylation sites (N-methyl/N-ethyl adjacent to an activating group) is 1. The van der Waals surface area contributed by atoms with Crippen LogP contribution in [0.15, 0.2) is 30.3 Å². The summed E-state index contributed by atoms with van der Waals surface area (Å²) >= 11 is 0. The lowest BCUT2D eigenvalue weighted by Crippen LogP contribution is -2.62. The third-order valence-electron chi connectivity index (χ3n) is 4.51. The van der Waals surface area contributed by atoms with E-state index >= 15 is 0 Å². The number of rotatable bonds is 5. The van der Waals surface area contributed by atoms with Crippen LogP contribution in [0.2, 0.25) is 0 Å². The van der Waals surface area contributed by atoms with Gasteiger partial charge in [0.05, 0.1) is 13.7 Å². The van der Waals surface area contributed by atoms with Crippen LogP contribution in [0.3, 0.4) is 0 Å². The number of hydroxylamine groups is 2. The van der Waals surface area contributed by atoms with Crippen molar-refractivity contribution in [2.45, 2.75) is 45.9 Å². The number of amides is 3. The number of piperazine rings is 1. The van der Waals surface area contributed by atoms with E-state index in [9.17, 15) is 14.4 Å². The summed E-state index contributed by atoms with van der Waals surface area (Å²) in [5.41, 5.74) is 0.157. The number of hydrogen-bond acceptors (Lipinski definition) is 6. The van der Waals surface area contributed by atoms with Crippen molar-refractivity contribution >= 4 is 18.1 Å². The monoisotopic (exact) mass is 421 g/mol. The molecule has 1 heterocycles. The summed E-state index contributed by atoms with van der Waals surface area (Å²) in [4.78, 5) is 46.1. The molecule has 1 aromatic rings. The highest BCUT2D eigenvalue weighted by molar-refractivity contribution is 5.86. The standard InChI is InChI=1S/C21H31N3O6/c1-6-24(28-5)18(25)17-14-22(12-13-23(17)20(27)30-21(2,3)4)19(26)29-15-16-10-8-7-9-11-16/h7-11,17H,6,12-15H2,1-5H3. The smallest absolute Gasteiger partial charge is 0.411 e. The fraction of sp³-hybridized carbons (Fsp3) is 0.571. The Morgan fingerprint density at radius 2 is 1.77 bits per heavy atom. The Morgan fingerprint density at radius 3 is 2.33 bits per heavy atom. The van der Waals surface area contributed by atoms with Crippen LogP contribution in [-0.2, 0) is 25.7 Å². The van der Waals surface area contributed by atoms with Gasteiger partial charge in [-0.25, -0.2) is 14.7 Å². The Bertz CT molecular complexity index is 730.